The number of hydrogen-bond donors (Lipinski definition) is 0. The summed E-state index contributed by atoms with van der Waals surface area (Å²) in [6.07, 6.45) is 0. The largest absolute Gasteiger partial charge is 0.300 e. The molecule has 1 rings (SSSR count). The van der Waals surface area contributed by atoms with Crippen molar-refractivity contribution in [2.75, 3.05) is 21.1 Å². The van der Waals surface area contributed by atoms with Crippen LogP contribution in [0, 0.1) is 20.2 Å². The van der Waals surface area contributed by atoms with Gasteiger partial charge in [-0.1, -0.05) is 11.6 Å². The van der Waals surface area contributed by atoms with Crippen LogP contribution in [0.15, 0.2) is 12.1 Å². The Bertz CT molecular complexity index is 460. The fourth-order valence-electron chi connectivity index (χ4n) is 1.23. The van der Waals surface area contributed by atoms with E-state index in [4.69, 9.17) is 11.6 Å². The lowest BCUT2D eigenvalue weighted by Crippen LogP contribution is -2.34. The van der Waals surface area contributed by atoms with Crippen LogP contribution < -0.4 is 4.48 Å². The lowest BCUT2D eigenvalue weighted by Gasteiger charge is -2.22. The molecule has 0 spiro atoms. The standard InChI is InChI=1S/C9H11ClN3O4/c1-13(2,3)6-4-7(11(14)15)9(10)8(5-6)12(16)17/h4-5H,1-3H3/q+1. The van der Waals surface area contributed by atoms with Crippen molar-refractivity contribution < 1.29 is 9.85 Å². The van der Waals surface area contributed by atoms with Crippen molar-refractivity contribution in [3.63, 3.8) is 0 Å². The Kier molecular flexibility index (Phi) is 3.35. The van der Waals surface area contributed by atoms with Gasteiger partial charge in [0.15, 0.2) is 5.02 Å². The number of quaternary nitrogens is 1. The second-order valence-electron chi connectivity index (χ2n) is 4.32. The van der Waals surface area contributed by atoms with E-state index >= 15 is 0 Å². The maximum atomic E-state index is 10.8. The number of hydrogen-bond acceptors (Lipinski definition) is 4. The second-order valence-corrected chi connectivity index (χ2v) is 4.70. The smallest absolute Gasteiger partial charge is 0.298 e. The highest BCUT2D eigenvalue weighted by Gasteiger charge is 2.29. The molecule has 0 heterocycles. The topological polar surface area (TPSA) is 86.3 Å². The van der Waals surface area contributed by atoms with E-state index in [-0.39, 0.29) is 4.48 Å². The van der Waals surface area contributed by atoms with Crippen LogP contribution >= 0.6 is 11.6 Å². The van der Waals surface area contributed by atoms with E-state index in [1.807, 2.05) is 0 Å². The van der Waals surface area contributed by atoms with Gasteiger partial charge in [0.1, 0.15) is 5.69 Å². The van der Waals surface area contributed by atoms with Gasteiger partial charge in [-0.3, -0.25) is 24.7 Å². The van der Waals surface area contributed by atoms with E-state index in [9.17, 15) is 20.2 Å². The van der Waals surface area contributed by atoms with Crippen LogP contribution in [0.25, 0.3) is 0 Å². The van der Waals surface area contributed by atoms with Gasteiger partial charge in [-0.2, -0.15) is 0 Å². The number of rotatable bonds is 3. The zero-order valence-electron chi connectivity index (χ0n) is 9.51. The summed E-state index contributed by atoms with van der Waals surface area (Å²) in [5, 5.41) is 21.1. The second kappa shape index (κ2) is 4.27. The minimum Gasteiger partial charge on any atom is -0.298 e. The average molecular weight is 261 g/mol. The maximum Gasteiger partial charge on any atom is 0.300 e. The van der Waals surface area contributed by atoms with E-state index < -0.39 is 26.2 Å². The summed E-state index contributed by atoms with van der Waals surface area (Å²) in [4.78, 5) is 20.1. The summed E-state index contributed by atoms with van der Waals surface area (Å²) in [6, 6.07) is 2.49. The van der Waals surface area contributed by atoms with Crippen LogP contribution in [0.1, 0.15) is 0 Å². The molecular weight excluding hydrogens is 250 g/mol. The quantitative estimate of drug-likeness (QED) is 0.474. The molecule has 0 saturated heterocycles. The Morgan fingerprint density at radius 3 is 1.65 bits per heavy atom. The Morgan fingerprint density at radius 2 is 1.41 bits per heavy atom. The van der Waals surface area contributed by atoms with E-state index in [2.05, 4.69) is 0 Å². The van der Waals surface area contributed by atoms with Crippen LogP contribution in [0.2, 0.25) is 5.02 Å². The molecule has 0 atom stereocenters. The van der Waals surface area contributed by atoms with E-state index in [0.717, 1.165) is 0 Å². The minimum atomic E-state index is -0.728. The predicted octanol–water partition coefficient (Wildman–Crippen LogP) is 2.35. The molecule has 0 saturated carbocycles. The maximum absolute atomic E-state index is 10.8. The average Bonchev–Trinajstić information content (AvgIpc) is 2.14. The molecule has 0 unspecified atom stereocenters. The van der Waals surface area contributed by atoms with Crippen LogP contribution in [-0.2, 0) is 0 Å². The molecule has 0 radical (unpaired) electrons. The van der Waals surface area contributed by atoms with Gasteiger partial charge in [0.05, 0.1) is 43.1 Å². The van der Waals surface area contributed by atoms with Crippen molar-refractivity contribution in [3.05, 3.63) is 37.4 Å². The first-order valence-electron chi connectivity index (χ1n) is 4.59. The molecule has 0 N–H and O–H groups in total. The van der Waals surface area contributed by atoms with Crippen molar-refractivity contribution >= 4 is 28.7 Å². The van der Waals surface area contributed by atoms with E-state index in [0.29, 0.717) is 5.69 Å². The number of nitro benzene ring substituents is 2. The van der Waals surface area contributed by atoms with Crippen LogP contribution in [0.4, 0.5) is 17.1 Å². The third-order valence-corrected chi connectivity index (χ3v) is 2.57. The Hall–Kier alpha value is -1.73. The van der Waals surface area contributed by atoms with Gasteiger partial charge in [-0.05, 0) is 0 Å². The third kappa shape index (κ3) is 2.69. The molecule has 0 aliphatic heterocycles. The van der Waals surface area contributed by atoms with Gasteiger partial charge < -0.3 is 0 Å². The van der Waals surface area contributed by atoms with Gasteiger partial charge >= 0.3 is 11.4 Å². The van der Waals surface area contributed by atoms with Crippen LogP contribution in [-0.4, -0.2) is 31.0 Å². The van der Waals surface area contributed by atoms with Crippen molar-refractivity contribution in [3.8, 4) is 0 Å². The van der Waals surface area contributed by atoms with Gasteiger partial charge in [-0.25, -0.2) is 0 Å². The lowest BCUT2D eigenvalue weighted by molar-refractivity contribution is -0.393. The van der Waals surface area contributed by atoms with E-state index in [1.165, 1.54) is 12.1 Å². The number of benzene rings is 1. The molecule has 0 aliphatic rings. The summed E-state index contributed by atoms with van der Waals surface area (Å²) in [6.45, 7) is 0. The first-order valence-corrected chi connectivity index (χ1v) is 4.96. The Labute approximate surface area is 102 Å². The fraction of sp³-hybridized carbons (Fsp3) is 0.333. The summed E-state index contributed by atoms with van der Waals surface area (Å²) in [5.41, 5.74) is -0.472. The molecule has 1 aromatic rings. The zero-order chi connectivity index (χ0) is 13.4. The molecule has 0 bridgehead atoms. The predicted molar refractivity (Wildman–Crippen MR) is 64.3 cm³/mol. The summed E-state index contributed by atoms with van der Waals surface area (Å²) < 4.78 is 0.221. The highest BCUT2D eigenvalue weighted by molar-refractivity contribution is 6.34. The fourth-order valence-corrected chi connectivity index (χ4v) is 1.48. The molecule has 1 aromatic carbocycles. The third-order valence-electron chi connectivity index (χ3n) is 2.19. The zero-order valence-corrected chi connectivity index (χ0v) is 10.3. The van der Waals surface area contributed by atoms with Crippen molar-refractivity contribution in [1.82, 2.24) is 4.48 Å². The normalized spacial score (nSPS) is 11.3. The summed E-state index contributed by atoms with van der Waals surface area (Å²) >= 11 is 5.63. The van der Waals surface area contributed by atoms with E-state index in [1.54, 1.807) is 21.1 Å². The molecule has 17 heavy (non-hydrogen) atoms. The van der Waals surface area contributed by atoms with Crippen LogP contribution in [0.5, 0.6) is 0 Å². The molecule has 92 valence electrons. The molecule has 8 heteroatoms. The highest BCUT2D eigenvalue weighted by atomic mass is 35.5. The molecule has 0 aromatic heterocycles. The summed E-state index contributed by atoms with van der Waals surface area (Å²) in [7, 11) is 5.24. The molecule has 0 amide bonds. The highest BCUT2D eigenvalue weighted by Crippen LogP contribution is 2.38. The Morgan fingerprint density at radius 1 is 1.06 bits per heavy atom. The first kappa shape index (κ1) is 13.3. The molecule has 0 aliphatic carbocycles. The SMILES string of the molecule is C[N+](C)(C)c1cc([N+](=O)[O-])c(Cl)c([N+](=O)[O-])c1. The van der Waals surface area contributed by atoms with Crippen molar-refractivity contribution in [2.45, 2.75) is 0 Å². The van der Waals surface area contributed by atoms with Gasteiger partial charge in [-0.15, -0.1) is 0 Å². The lowest BCUT2D eigenvalue weighted by atomic mass is 10.2. The molecule has 0 fully saturated rings. The number of nitrogens with zero attached hydrogens (tertiary/aromatic N) is 3. The van der Waals surface area contributed by atoms with Crippen molar-refractivity contribution in [2.24, 2.45) is 0 Å². The summed E-state index contributed by atoms with van der Waals surface area (Å²) in [5.74, 6) is 0. The van der Waals surface area contributed by atoms with Gasteiger partial charge in [0.2, 0.25) is 0 Å². The first-order chi connectivity index (χ1) is 7.64. The van der Waals surface area contributed by atoms with Crippen molar-refractivity contribution in [1.29, 1.82) is 0 Å². The van der Waals surface area contributed by atoms with Gasteiger partial charge in [0.25, 0.3) is 0 Å². The number of nitro groups is 2. The van der Waals surface area contributed by atoms with Crippen LogP contribution in [0.3, 0.4) is 0 Å². The monoisotopic (exact) mass is 260 g/mol. The Balaban J connectivity index is 3.59. The number of halogens is 1. The molecular formula is C9H11ClN3O4+. The minimum absolute atomic E-state index is 0.221. The molecule has 7 nitrogen and oxygen atoms in total. The van der Waals surface area contributed by atoms with Gasteiger partial charge in [0, 0.05) is 0 Å².